The van der Waals surface area contributed by atoms with Gasteiger partial charge in [0.25, 0.3) is 0 Å². The quantitative estimate of drug-likeness (QED) is 0.859. The van der Waals surface area contributed by atoms with Crippen LogP contribution in [0.3, 0.4) is 0 Å². The van der Waals surface area contributed by atoms with Crippen LogP contribution < -0.4 is 5.32 Å². The Morgan fingerprint density at radius 3 is 2.76 bits per heavy atom. The van der Waals surface area contributed by atoms with Gasteiger partial charge in [-0.2, -0.15) is 0 Å². The Morgan fingerprint density at radius 1 is 1.53 bits per heavy atom. The number of rotatable bonds is 4. The zero-order valence-corrected chi connectivity index (χ0v) is 10.1. The fraction of sp³-hybridized carbons (Fsp3) is 0.462. The number of carbonyl (C=O) groups excluding carboxylic acids is 1. The summed E-state index contributed by atoms with van der Waals surface area (Å²) in [6.45, 7) is 0.233. The summed E-state index contributed by atoms with van der Waals surface area (Å²) in [6.07, 6.45) is 1.32. The Hall–Kier alpha value is -1.06. The van der Waals surface area contributed by atoms with Crippen molar-refractivity contribution in [1.82, 2.24) is 5.32 Å². The van der Waals surface area contributed by atoms with Crippen LogP contribution in [0.4, 0.5) is 0 Å². The number of hydrogen-bond acceptors (Lipinski definition) is 2. The topological polar surface area (TPSA) is 49.3 Å². The molecule has 0 saturated heterocycles. The fourth-order valence-electron chi connectivity index (χ4n) is 2.29. The third-order valence-corrected chi connectivity index (χ3v) is 4.20. The minimum absolute atomic E-state index is 0.0415. The van der Waals surface area contributed by atoms with Gasteiger partial charge in [0.1, 0.15) is 0 Å². The lowest BCUT2D eigenvalue weighted by atomic mass is 10.1. The zero-order valence-electron chi connectivity index (χ0n) is 9.32. The molecular formula is C13H14ClNO2. The summed E-state index contributed by atoms with van der Waals surface area (Å²) in [5.74, 6) is 0.716. The third-order valence-electron chi connectivity index (χ3n) is 3.85. The van der Waals surface area contributed by atoms with Crippen LogP contribution in [0.25, 0.3) is 0 Å². The number of amides is 1. The molecule has 17 heavy (non-hydrogen) atoms. The van der Waals surface area contributed by atoms with Gasteiger partial charge in [0, 0.05) is 17.1 Å². The standard InChI is InChI=1S/C13H14ClNO2/c14-10-4-2-1-3-9(10)11(16)7-15-12(17)13-5-8(13)6-13/h1-4,8,11,16H,5-7H2,(H,15,17). The first kappa shape index (κ1) is 11.1. The van der Waals surface area contributed by atoms with E-state index in [-0.39, 0.29) is 17.9 Å². The SMILES string of the molecule is O=C(NCC(O)c1ccccc1Cl)C12CC1C2. The van der Waals surface area contributed by atoms with E-state index in [1.54, 1.807) is 12.1 Å². The van der Waals surface area contributed by atoms with Gasteiger partial charge in [-0.3, -0.25) is 4.79 Å². The van der Waals surface area contributed by atoms with E-state index in [0.29, 0.717) is 16.5 Å². The molecule has 90 valence electrons. The predicted octanol–water partition coefficient (Wildman–Crippen LogP) is 1.90. The van der Waals surface area contributed by atoms with Crippen LogP contribution in [-0.4, -0.2) is 17.6 Å². The van der Waals surface area contributed by atoms with Crippen molar-refractivity contribution in [3.05, 3.63) is 34.9 Å². The van der Waals surface area contributed by atoms with E-state index in [0.717, 1.165) is 12.8 Å². The minimum atomic E-state index is -0.736. The first-order valence-corrected chi connectivity index (χ1v) is 6.22. The summed E-state index contributed by atoms with van der Waals surface area (Å²) in [4.78, 5) is 11.7. The molecule has 0 aliphatic heterocycles. The number of nitrogens with one attached hydrogen (secondary N) is 1. The second kappa shape index (κ2) is 3.72. The van der Waals surface area contributed by atoms with Crippen LogP contribution in [0.1, 0.15) is 24.5 Å². The maximum absolute atomic E-state index is 11.7. The average Bonchev–Trinajstić information content (AvgIpc) is 3.14. The summed E-state index contributed by atoms with van der Waals surface area (Å²) in [6, 6.07) is 7.14. The van der Waals surface area contributed by atoms with Crippen molar-refractivity contribution in [3.63, 3.8) is 0 Å². The van der Waals surface area contributed by atoms with Crippen molar-refractivity contribution >= 4 is 17.5 Å². The summed E-state index contributed by atoms with van der Waals surface area (Å²) < 4.78 is 0. The number of halogens is 1. The Balaban J connectivity index is 1.58. The summed E-state index contributed by atoms with van der Waals surface area (Å²) in [5, 5.41) is 13.3. The third kappa shape index (κ3) is 1.83. The molecule has 0 aromatic heterocycles. The highest BCUT2D eigenvalue weighted by Gasteiger charge is 2.74. The van der Waals surface area contributed by atoms with Crippen molar-refractivity contribution in [2.24, 2.45) is 11.3 Å². The van der Waals surface area contributed by atoms with Crippen LogP contribution in [0.2, 0.25) is 5.02 Å². The van der Waals surface area contributed by atoms with Gasteiger partial charge >= 0.3 is 0 Å². The molecule has 0 radical (unpaired) electrons. The van der Waals surface area contributed by atoms with Gasteiger partial charge in [0.2, 0.25) is 5.91 Å². The number of hydrogen-bond donors (Lipinski definition) is 2. The maximum atomic E-state index is 11.7. The first-order valence-electron chi connectivity index (χ1n) is 5.84. The largest absolute Gasteiger partial charge is 0.387 e. The first-order chi connectivity index (χ1) is 8.13. The van der Waals surface area contributed by atoms with Crippen LogP contribution >= 0.6 is 11.6 Å². The monoisotopic (exact) mass is 251 g/mol. The number of fused-ring (bicyclic) bond motifs is 1. The maximum Gasteiger partial charge on any atom is 0.226 e. The molecule has 1 atom stereocenters. The van der Waals surface area contributed by atoms with E-state index in [1.165, 1.54) is 0 Å². The van der Waals surface area contributed by atoms with E-state index in [2.05, 4.69) is 5.32 Å². The lowest BCUT2D eigenvalue weighted by molar-refractivity contribution is -0.124. The molecule has 2 N–H and O–H groups in total. The number of aliphatic hydroxyl groups is 1. The van der Waals surface area contributed by atoms with E-state index in [9.17, 15) is 9.90 Å². The second-order valence-electron chi connectivity index (χ2n) is 5.01. The molecule has 2 aliphatic rings. The minimum Gasteiger partial charge on any atom is -0.387 e. The second-order valence-corrected chi connectivity index (χ2v) is 5.42. The van der Waals surface area contributed by atoms with Crippen molar-refractivity contribution < 1.29 is 9.90 Å². The highest BCUT2D eigenvalue weighted by molar-refractivity contribution is 6.31. The molecule has 1 unspecified atom stereocenters. The van der Waals surface area contributed by atoms with Gasteiger partial charge in [-0.1, -0.05) is 29.8 Å². The number of aliphatic hydroxyl groups excluding tert-OH is 1. The normalized spacial score (nSPS) is 30.4. The fourth-order valence-corrected chi connectivity index (χ4v) is 2.55. The Labute approximate surface area is 105 Å². The molecular weight excluding hydrogens is 238 g/mol. The van der Waals surface area contributed by atoms with Gasteiger partial charge in [-0.05, 0) is 24.8 Å². The molecule has 3 rings (SSSR count). The van der Waals surface area contributed by atoms with Crippen LogP contribution in [-0.2, 0) is 4.79 Å². The molecule has 1 aromatic rings. The highest BCUT2D eigenvalue weighted by atomic mass is 35.5. The van der Waals surface area contributed by atoms with E-state index in [4.69, 9.17) is 11.6 Å². The van der Waals surface area contributed by atoms with Gasteiger partial charge < -0.3 is 10.4 Å². The number of carbonyl (C=O) groups is 1. The molecule has 2 fully saturated rings. The Kier molecular flexibility index (Phi) is 2.42. The molecule has 2 saturated carbocycles. The Morgan fingerprint density at radius 2 is 2.18 bits per heavy atom. The van der Waals surface area contributed by atoms with Crippen LogP contribution in [0, 0.1) is 11.3 Å². The lowest BCUT2D eigenvalue weighted by Gasteiger charge is -2.14. The highest BCUT2D eigenvalue weighted by Crippen LogP contribution is 2.75. The molecule has 3 nitrogen and oxygen atoms in total. The molecule has 0 spiro atoms. The van der Waals surface area contributed by atoms with Gasteiger partial charge in [-0.25, -0.2) is 0 Å². The molecule has 4 heteroatoms. The summed E-state index contributed by atoms with van der Waals surface area (Å²) >= 11 is 5.97. The summed E-state index contributed by atoms with van der Waals surface area (Å²) in [7, 11) is 0. The van der Waals surface area contributed by atoms with Gasteiger partial charge in [0.15, 0.2) is 0 Å². The van der Waals surface area contributed by atoms with Gasteiger partial charge in [0.05, 0.1) is 11.5 Å². The van der Waals surface area contributed by atoms with Crippen molar-refractivity contribution in [2.75, 3.05) is 6.54 Å². The summed E-state index contributed by atoms with van der Waals surface area (Å²) in [5.41, 5.74) is 0.621. The average molecular weight is 252 g/mol. The molecule has 2 aliphatic carbocycles. The molecule has 1 amide bonds. The van der Waals surface area contributed by atoms with Crippen LogP contribution in [0.15, 0.2) is 24.3 Å². The van der Waals surface area contributed by atoms with Crippen molar-refractivity contribution in [3.8, 4) is 0 Å². The predicted molar refractivity (Wildman–Crippen MR) is 64.6 cm³/mol. The van der Waals surface area contributed by atoms with E-state index >= 15 is 0 Å². The zero-order chi connectivity index (χ0) is 12.0. The van der Waals surface area contributed by atoms with E-state index < -0.39 is 6.10 Å². The van der Waals surface area contributed by atoms with Gasteiger partial charge in [-0.15, -0.1) is 0 Å². The molecule has 0 heterocycles. The Bertz CT molecular complexity index is 468. The molecule has 1 aromatic carbocycles. The van der Waals surface area contributed by atoms with Crippen LogP contribution in [0.5, 0.6) is 0 Å². The van der Waals surface area contributed by atoms with Crippen molar-refractivity contribution in [1.29, 1.82) is 0 Å². The van der Waals surface area contributed by atoms with Crippen molar-refractivity contribution in [2.45, 2.75) is 18.9 Å². The number of benzene rings is 1. The lowest BCUT2D eigenvalue weighted by Crippen LogP contribution is -2.31. The smallest absolute Gasteiger partial charge is 0.226 e. The molecule has 0 bridgehead atoms. The van der Waals surface area contributed by atoms with E-state index in [1.807, 2.05) is 12.1 Å².